The van der Waals surface area contributed by atoms with Crippen molar-refractivity contribution in [2.24, 2.45) is 15.9 Å². The second-order valence-electron chi connectivity index (χ2n) is 10.4. The van der Waals surface area contributed by atoms with Gasteiger partial charge in [-0.25, -0.2) is 18.8 Å². The Morgan fingerprint density at radius 3 is 2.47 bits per heavy atom. The van der Waals surface area contributed by atoms with Crippen LogP contribution in [0.4, 0.5) is 8.78 Å². The summed E-state index contributed by atoms with van der Waals surface area (Å²) < 4.78 is 29.3. The summed E-state index contributed by atoms with van der Waals surface area (Å²) >= 11 is 0. The molecular formula is C27H38F2N6O. The number of nitrogens with zero attached hydrogens (tertiary/aromatic N) is 5. The third kappa shape index (κ3) is 7.29. The van der Waals surface area contributed by atoms with Crippen molar-refractivity contribution in [1.29, 1.82) is 0 Å². The van der Waals surface area contributed by atoms with Crippen LogP contribution in [0.25, 0.3) is 11.4 Å². The fraction of sp³-hybridized carbons (Fsp3) is 0.556. The quantitative estimate of drug-likeness (QED) is 0.459. The van der Waals surface area contributed by atoms with E-state index < -0.39 is 11.6 Å². The van der Waals surface area contributed by atoms with Gasteiger partial charge >= 0.3 is 0 Å². The highest BCUT2D eigenvalue weighted by atomic mass is 19.2. The molecule has 0 spiro atoms. The van der Waals surface area contributed by atoms with Crippen LogP contribution in [0.15, 0.2) is 28.2 Å². The summed E-state index contributed by atoms with van der Waals surface area (Å²) in [4.78, 5) is 28.6. The van der Waals surface area contributed by atoms with Crippen LogP contribution in [0.3, 0.4) is 0 Å². The summed E-state index contributed by atoms with van der Waals surface area (Å²) in [7, 11) is 1.98. The smallest absolute Gasteiger partial charge is 0.272 e. The zero-order valence-electron chi connectivity index (χ0n) is 22.4. The van der Waals surface area contributed by atoms with E-state index in [4.69, 9.17) is 0 Å². The van der Waals surface area contributed by atoms with Gasteiger partial charge in [0.05, 0.1) is 18.3 Å². The van der Waals surface area contributed by atoms with Gasteiger partial charge in [0.2, 0.25) is 0 Å². The Morgan fingerprint density at radius 1 is 1.19 bits per heavy atom. The second kappa shape index (κ2) is 11.9. The molecule has 2 heterocycles. The number of aliphatic imine (C=N–C) groups is 2. The van der Waals surface area contributed by atoms with Gasteiger partial charge in [-0.1, -0.05) is 20.8 Å². The molecule has 0 bridgehead atoms. The molecule has 36 heavy (non-hydrogen) atoms. The molecule has 0 radical (unpaired) electrons. The Morgan fingerprint density at radius 2 is 1.86 bits per heavy atom. The van der Waals surface area contributed by atoms with E-state index >= 15 is 0 Å². The summed E-state index contributed by atoms with van der Waals surface area (Å²) in [5.74, 6) is -0.170. The maximum atomic E-state index is 13.9. The van der Waals surface area contributed by atoms with Gasteiger partial charge in [0.1, 0.15) is 11.7 Å². The SMILES string of the molecule is CC(C)C.CC(CNC(=O)c1nc(-c2ccc(F)c(F)c2)n2c1CN(C)C(C)C2)=NC(C)=NC1CC1. The first-order valence-corrected chi connectivity index (χ1v) is 12.6. The van der Waals surface area contributed by atoms with Crippen LogP contribution in [0.1, 0.15) is 70.6 Å². The Kier molecular flexibility index (Phi) is 9.11. The Bertz CT molecular complexity index is 1150. The maximum absolute atomic E-state index is 13.9. The van der Waals surface area contributed by atoms with Gasteiger partial charge in [0.15, 0.2) is 17.3 Å². The van der Waals surface area contributed by atoms with Crippen LogP contribution in [-0.4, -0.2) is 57.6 Å². The predicted molar refractivity (Wildman–Crippen MR) is 141 cm³/mol. The number of hydrogen-bond acceptors (Lipinski definition) is 4. The molecule has 1 amide bonds. The van der Waals surface area contributed by atoms with Gasteiger partial charge in [-0.3, -0.25) is 14.7 Å². The number of benzene rings is 1. The van der Waals surface area contributed by atoms with Crippen molar-refractivity contribution in [1.82, 2.24) is 19.8 Å². The van der Waals surface area contributed by atoms with Crippen molar-refractivity contribution in [3.8, 4) is 11.4 Å². The normalized spacial score (nSPS) is 18.6. The van der Waals surface area contributed by atoms with Crippen LogP contribution in [0, 0.1) is 17.6 Å². The number of fused-ring (bicyclic) bond motifs is 1. The topological polar surface area (TPSA) is 74.9 Å². The molecule has 2 aromatic rings. The third-order valence-corrected chi connectivity index (χ3v) is 5.84. The van der Waals surface area contributed by atoms with Crippen LogP contribution in [0.2, 0.25) is 0 Å². The zero-order valence-corrected chi connectivity index (χ0v) is 22.4. The molecule has 1 unspecified atom stereocenters. The Hall–Kier alpha value is -2.94. The number of halogens is 2. The number of likely N-dealkylation sites (N-methyl/N-ethyl adjacent to an activating group) is 1. The summed E-state index contributed by atoms with van der Waals surface area (Å²) in [6, 6.07) is 4.29. The highest BCUT2D eigenvalue weighted by Gasteiger charge is 2.30. The molecule has 0 saturated heterocycles. The van der Waals surface area contributed by atoms with Crippen molar-refractivity contribution < 1.29 is 13.6 Å². The summed E-state index contributed by atoms with van der Waals surface area (Å²) in [6.45, 7) is 13.7. The molecule has 1 atom stereocenters. The number of imidazole rings is 1. The lowest BCUT2D eigenvalue weighted by atomic mass is 10.1. The second-order valence-corrected chi connectivity index (χ2v) is 10.4. The van der Waals surface area contributed by atoms with Gasteiger partial charge in [0, 0.05) is 30.4 Å². The number of carbonyl (C=O) groups excluding carboxylic acids is 1. The van der Waals surface area contributed by atoms with Gasteiger partial charge in [-0.15, -0.1) is 0 Å². The number of nitrogens with one attached hydrogen (secondary N) is 1. The molecular weight excluding hydrogens is 462 g/mol. The summed E-state index contributed by atoms with van der Waals surface area (Å²) in [5, 5.41) is 2.88. The number of hydrogen-bond donors (Lipinski definition) is 1. The van der Waals surface area contributed by atoms with Gasteiger partial charge in [0.25, 0.3) is 5.91 Å². The largest absolute Gasteiger partial charge is 0.345 e. The average Bonchev–Trinajstić information content (AvgIpc) is 3.53. The van der Waals surface area contributed by atoms with Crippen molar-refractivity contribution in [2.75, 3.05) is 13.6 Å². The molecule has 1 aromatic carbocycles. The van der Waals surface area contributed by atoms with E-state index in [0.29, 0.717) is 36.2 Å². The minimum atomic E-state index is -0.943. The number of amidine groups is 1. The first-order chi connectivity index (χ1) is 17.0. The lowest BCUT2D eigenvalue weighted by molar-refractivity contribution is 0.0950. The van der Waals surface area contributed by atoms with E-state index in [1.54, 1.807) is 0 Å². The minimum absolute atomic E-state index is 0.208. The molecule has 1 aliphatic carbocycles. The maximum Gasteiger partial charge on any atom is 0.272 e. The number of carbonyl (C=O) groups is 1. The third-order valence-electron chi connectivity index (χ3n) is 5.84. The van der Waals surface area contributed by atoms with Gasteiger partial charge in [-0.2, -0.15) is 0 Å². The van der Waals surface area contributed by atoms with E-state index in [1.165, 1.54) is 6.07 Å². The molecule has 4 rings (SSSR count). The van der Waals surface area contributed by atoms with Crippen LogP contribution >= 0.6 is 0 Å². The molecule has 9 heteroatoms. The molecule has 1 aromatic heterocycles. The summed E-state index contributed by atoms with van der Waals surface area (Å²) in [5.41, 5.74) is 2.23. The van der Waals surface area contributed by atoms with E-state index in [-0.39, 0.29) is 18.5 Å². The van der Waals surface area contributed by atoms with E-state index in [1.807, 2.05) is 25.5 Å². The molecule has 1 N–H and O–H groups in total. The zero-order chi connectivity index (χ0) is 26.6. The van der Waals surface area contributed by atoms with E-state index in [0.717, 1.165) is 48.1 Å². The minimum Gasteiger partial charge on any atom is -0.345 e. The van der Waals surface area contributed by atoms with E-state index in [9.17, 15) is 13.6 Å². The standard InChI is InChI=1S/C23H28F2N6O.C4H10/c1-13(27-15(3)28-17-6-7-17)10-26-23(32)21-20-12-30(4)14(2)11-31(20)22(29-21)16-5-8-18(24)19(25)9-16;1-4(2)3/h5,8-9,14,17H,6-7,10-12H2,1-4H3,(H,26,32);4H,1-3H3. The first-order valence-electron chi connectivity index (χ1n) is 12.6. The highest BCUT2D eigenvalue weighted by molar-refractivity contribution is 6.01. The van der Waals surface area contributed by atoms with Crippen molar-refractivity contribution in [3.05, 3.63) is 41.2 Å². The first kappa shape index (κ1) is 27.6. The highest BCUT2D eigenvalue weighted by Crippen LogP contribution is 2.29. The molecule has 1 aliphatic heterocycles. The van der Waals surface area contributed by atoms with Crippen molar-refractivity contribution in [2.45, 2.75) is 79.6 Å². The van der Waals surface area contributed by atoms with Crippen LogP contribution in [-0.2, 0) is 13.1 Å². The molecule has 7 nitrogen and oxygen atoms in total. The van der Waals surface area contributed by atoms with Gasteiger partial charge in [-0.05, 0) is 64.8 Å². The number of aromatic nitrogens is 2. The monoisotopic (exact) mass is 500 g/mol. The van der Waals surface area contributed by atoms with Crippen molar-refractivity contribution >= 4 is 17.5 Å². The lowest BCUT2D eigenvalue weighted by Gasteiger charge is -2.32. The Labute approximate surface area is 212 Å². The fourth-order valence-corrected chi connectivity index (χ4v) is 3.78. The predicted octanol–water partition coefficient (Wildman–Crippen LogP) is 5.10. The summed E-state index contributed by atoms with van der Waals surface area (Å²) in [6.07, 6.45) is 2.23. The van der Waals surface area contributed by atoms with Gasteiger partial charge < -0.3 is 9.88 Å². The van der Waals surface area contributed by atoms with Crippen molar-refractivity contribution in [3.63, 3.8) is 0 Å². The Balaban J connectivity index is 0.000000840. The number of amides is 1. The molecule has 1 fully saturated rings. The fourth-order valence-electron chi connectivity index (χ4n) is 3.78. The average molecular weight is 501 g/mol. The van der Waals surface area contributed by atoms with Crippen LogP contribution < -0.4 is 5.32 Å². The lowest BCUT2D eigenvalue weighted by Crippen LogP contribution is -2.39. The van der Waals surface area contributed by atoms with Crippen LogP contribution in [0.5, 0.6) is 0 Å². The number of rotatable bonds is 5. The van der Waals surface area contributed by atoms with E-state index in [2.05, 4.69) is 52.9 Å². The molecule has 196 valence electrons. The molecule has 1 saturated carbocycles. The molecule has 2 aliphatic rings.